The number of hydrogen-bond acceptors (Lipinski definition) is 7. The van der Waals surface area contributed by atoms with E-state index >= 15 is 0 Å². The van der Waals surface area contributed by atoms with Gasteiger partial charge in [0.2, 0.25) is 0 Å². The standard InChI is InChI=1S/C22H22FN7O3/c23-16-13-25-20(30-7-6-26-27-30)18-17(16)15(12-24-18)19(31)22(33)29-10-8-28(9-11-29)21(32)14-4-2-1-3-5-14/h1-7,13,15,19,24,31H,8-12H2. The van der Waals surface area contributed by atoms with E-state index in [1.165, 1.54) is 15.8 Å². The lowest BCUT2D eigenvalue weighted by atomic mass is 9.94. The molecule has 2 atom stereocenters. The van der Waals surface area contributed by atoms with Gasteiger partial charge in [0.25, 0.3) is 11.8 Å². The molecule has 11 heteroatoms. The number of carbonyl (C=O) groups excluding carboxylic acids is 2. The zero-order chi connectivity index (χ0) is 22.9. The van der Waals surface area contributed by atoms with Crippen LogP contribution in [-0.4, -0.2) is 85.5 Å². The summed E-state index contributed by atoms with van der Waals surface area (Å²) in [6.07, 6.45) is 2.68. The molecule has 2 unspecified atom stereocenters. The zero-order valence-electron chi connectivity index (χ0n) is 17.6. The third kappa shape index (κ3) is 3.80. The lowest BCUT2D eigenvalue weighted by molar-refractivity contribution is -0.142. The highest BCUT2D eigenvalue weighted by Gasteiger charge is 2.40. The topological polar surface area (TPSA) is 116 Å². The maximum atomic E-state index is 14.7. The normalized spacial score (nSPS) is 18.5. The number of aromatic nitrogens is 4. The van der Waals surface area contributed by atoms with Gasteiger partial charge in [-0.3, -0.25) is 9.59 Å². The number of nitrogens with zero attached hydrogens (tertiary/aromatic N) is 6. The summed E-state index contributed by atoms with van der Waals surface area (Å²) >= 11 is 0. The average molecular weight is 451 g/mol. The van der Waals surface area contributed by atoms with Gasteiger partial charge >= 0.3 is 0 Å². The Morgan fingerprint density at radius 1 is 1.12 bits per heavy atom. The molecule has 1 fully saturated rings. The highest BCUT2D eigenvalue weighted by atomic mass is 19.1. The lowest BCUT2D eigenvalue weighted by Gasteiger charge is -2.36. The molecule has 170 valence electrons. The number of carbonyl (C=O) groups is 2. The Morgan fingerprint density at radius 3 is 2.55 bits per heavy atom. The van der Waals surface area contributed by atoms with E-state index in [4.69, 9.17) is 0 Å². The summed E-state index contributed by atoms with van der Waals surface area (Å²) in [7, 11) is 0. The van der Waals surface area contributed by atoms with Gasteiger partial charge in [-0.05, 0) is 12.1 Å². The monoisotopic (exact) mass is 451 g/mol. The number of aliphatic hydroxyl groups excluding tert-OH is 1. The first-order chi connectivity index (χ1) is 16.0. The van der Waals surface area contributed by atoms with Crippen LogP contribution in [0.5, 0.6) is 0 Å². The van der Waals surface area contributed by atoms with Gasteiger partial charge < -0.3 is 20.2 Å². The van der Waals surface area contributed by atoms with Crippen LogP contribution in [0.25, 0.3) is 5.82 Å². The second-order valence-corrected chi connectivity index (χ2v) is 7.98. The predicted octanol–water partition coefficient (Wildman–Crippen LogP) is 0.656. The number of amides is 2. The molecule has 4 heterocycles. The molecule has 2 amide bonds. The zero-order valence-corrected chi connectivity index (χ0v) is 17.6. The van der Waals surface area contributed by atoms with Crippen molar-refractivity contribution in [2.75, 3.05) is 38.0 Å². The maximum Gasteiger partial charge on any atom is 0.253 e. The Balaban J connectivity index is 1.28. The molecule has 2 aromatic heterocycles. The molecule has 0 radical (unpaired) electrons. The Hall–Kier alpha value is -3.86. The van der Waals surface area contributed by atoms with Gasteiger partial charge in [-0.2, -0.15) is 0 Å². The number of anilines is 1. The average Bonchev–Trinajstić information content (AvgIpc) is 3.55. The number of nitrogens with one attached hydrogen (secondary N) is 1. The summed E-state index contributed by atoms with van der Waals surface area (Å²) in [5, 5.41) is 21.6. The number of halogens is 1. The van der Waals surface area contributed by atoms with E-state index in [1.54, 1.807) is 35.4 Å². The summed E-state index contributed by atoms with van der Waals surface area (Å²) < 4.78 is 16.1. The molecule has 1 aromatic carbocycles. The SMILES string of the molecule is O=C(c1ccccc1)N1CCN(C(=O)C(O)C2CNc3c(-n4ccnn4)ncc(F)c32)CC1. The van der Waals surface area contributed by atoms with Gasteiger partial charge in [-0.25, -0.2) is 14.1 Å². The number of piperazine rings is 1. The van der Waals surface area contributed by atoms with Crippen molar-refractivity contribution in [1.82, 2.24) is 29.8 Å². The predicted molar refractivity (Wildman–Crippen MR) is 115 cm³/mol. The minimum Gasteiger partial charge on any atom is -0.383 e. The van der Waals surface area contributed by atoms with Gasteiger partial charge in [0.1, 0.15) is 11.9 Å². The van der Waals surface area contributed by atoms with Crippen LogP contribution in [0, 0.1) is 5.82 Å². The van der Waals surface area contributed by atoms with E-state index < -0.39 is 23.7 Å². The largest absolute Gasteiger partial charge is 0.383 e. The lowest BCUT2D eigenvalue weighted by Crippen LogP contribution is -2.53. The number of hydrogen-bond donors (Lipinski definition) is 2. The Bertz CT molecular complexity index is 1160. The van der Waals surface area contributed by atoms with Crippen molar-refractivity contribution in [3.05, 3.63) is 65.9 Å². The van der Waals surface area contributed by atoms with Crippen LogP contribution < -0.4 is 5.32 Å². The van der Waals surface area contributed by atoms with E-state index in [9.17, 15) is 19.1 Å². The number of fused-ring (bicyclic) bond motifs is 1. The van der Waals surface area contributed by atoms with Gasteiger partial charge in [0.05, 0.1) is 24.3 Å². The Labute approximate surface area is 188 Å². The van der Waals surface area contributed by atoms with E-state index in [2.05, 4.69) is 20.6 Å². The molecule has 2 N–H and O–H groups in total. The first-order valence-electron chi connectivity index (χ1n) is 10.6. The molecule has 33 heavy (non-hydrogen) atoms. The van der Waals surface area contributed by atoms with E-state index in [0.717, 1.165) is 6.20 Å². The van der Waals surface area contributed by atoms with Crippen LogP contribution in [0.15, 0.2) is 48.9 Å². The third-order valence-corrected chi connectivity index (χ3v) is 6.09. The van der Waals surface area contributed by atoms with Gasteiger partial charge in [0, 0.05) is 49.8 Å². The highest BCUT2D eigenvalue weighted by Crippen LogP contribution is 2.39. The van der Waals surface area contributed by atoms with Gasteiger partial charge in [0.15, 0.2) is 5.82 Å². The number of rotatable bonds is 4. The first-order valence-corrected chi connectivity index (χ1v) is 10.6. The van der Waals surface area contributed by atoms with Crippen molar-refractivity contribution >= 4 is 17.5 Å². The summed E-state index contributed by atoms with van der Waals surface area (Å²) in [5.41, 5.74) is 1.18. The molecular formula is C22H22FN7O3. The van der Waals surface area contributed by atoms with Crippen LogP contribution in [0.4, 0.5) is 10.1 Å². The van der Waals surface area contributed by atoms with Gasteiger partial charge in [-0.1, -0.05) is 23.4 Å². The van der Waals surface area contributed by atoms with E-state index in [0.29, 0.717) is 43.2 Å². The fourth-order valence-electron chi connectivity index (χ4n) is 4.36. The summed E-state index contributed by atoms with van der Waals surface area (Å²) in [5.74, 6) is -1.61. The smallest absolute Gasteiger partial charge is 0.253 e. The van der Waals surface area contributed by atoms with Crippen molar-refractivity contribution in [3.8, 4) is 5.82 Å². The minimum absolute atomic E-state index is 0.0904. The number of aliphatic hydroxyl groups is 1. The second-order valence-electron chi connectivity index (χ2n) is 7.98. The third-order valence-electron chi connectivity index (χ3n) is 6.09. The molecule has 3 aromatic rings. The van der Waals surface area contributed by atoms with E-state index in [1.807, 2.05) is 6.07 Å². The summed E-state index contributed by atoms with van der Waals surface area (Å²) in [6.45, 7) is 1.49. The highest BCUT2D eigenvalue weighted by molar-refractivity contribution is 5.94. The molecule has 0 aliphatic carbocycles. The molecule has 0 bridgehead atoms. The molecule has 1 saturated heterocycles. The van der Waals surface area contributed by atoms with Crippen molar-refractivity contribution in [3.63, 3.8) is 0 Å². The Morgan fingerprint density at radius 2 is 1.85 bits per heavy atom. The molecule has 5 rings (SSSR count). The quantitative estimate of drug-likeness (QED) is 0.599. The van der Waals surface area contributed by atoms with Crippen molar-refractivity contribution in [2.24, 2.45) is 0 Å². The molecule has 2 aliphatic rings. The minimum atomic E-state index is -1.43. The fourth-order valence-corrected chi connectivity index (χ4v) is 4.36. The fraction of sp³-hybridized carbons (Fsp3) is 0.318. The molecule has 0 spiro atoms. The van der Waals surface area contributed by atoms with Crippen molar-refractivity contribution < 1.29 is 19.1 Å². The molecule has 10 nitrogen and oxygen atoms in total. The molecule has 0 saturated carbocycles. The van der Waals surface area contributed by atoms with Crippen LogP contribution >= 0.6 is 0 Å². The van der Waals surface area contributed by atoms with E-state index in [-0.39, 0.29) is 18.0 Å². The molecule has 2 aliphatic heterocycles. The van der Waals surface area contributed by atoms with Gasteiger partial charge in [-0.15, -0.1) is 5.10 Å². The Kier molecular flexibility index (Phi) is 5.47. The maximum absolute atomic E-state index is 14.7. The second kappa shape index (κ2) is 8.58. The van der Waals surface area contributed by atoms with Crippen LogP contribution in [0.1, 0.15) is 21.8 Å². The first kappa shape index (κ1) is 21.0. The molecular weight excluding hydrogens is 429 g/mol. The van der Waals surface area contributed by atoms with Crippen molar-refractivity contribution in [1.29, 1.82) is 0 Å². The number of benzene rings is 1. The van der Waals surface area contributed by atoms with Crippen LogP contribution in [0.3, 0.4) is 0 Å². The van der Waals surface area contributed by atoms with Crippen molar-refractivity contribution in [2.45, 2.75) is 12.0 Å². The summed E-state index contributed by atoms with van der Waals surface area (Å²) in [6, 6.07) is 8.97. The summed E-state index contributed by atoms with van der Waals surface area (Å²) in [4.78, 5) is 33.0. The number of pyridine rings is 1. The van der Waals surface area contributed by atoms with Crippen LogP contribution in [-0.2, 0) is 4.79 Å². The van der Waals surface area contributed by atoms with Crippen LogP contribution in [0.2, 0.25) is 0 Å².